The molecule has 368 valence electrons. The normalized spacial score (nSPS) is 20.0. The number of amides is 1. The van der Waals surface area contributed by atoms with Crippen molar-refractivity contribution in [3.8, 4) is 11.1 Å². The Bertz CT molecular complexity index is 2940. The van der Waals surface area contributed by atoms with Crippen LogP contribution in [0, 0.1) is 17.6 Å². The number of rotatable bonds is 19. The number of aromatic nitrogens is 3. The molecule has 0 aliphatic heterocycles. The molecule has 12 nitrogen and oxygen atoms in total. The van der Waals surface area contributed by atoms with E-state index in [1.165, 1.54) is 31.2 Å². The number of nitrogens with one attached hydrogen (secondary N) is 2. The van der Waals surface area contributed by atoms with Gasteiger partial charge < -0.3 is 11.1 Å². The molecular weight excluding hydrogens is 970 g/mol. The highest BCUT2D eigenvalue weighted by Crippen LogP contribution is 2.47. The number of sulfone groups is 1. The molecule has 7 rings (SSSR count). The molecule has 4 N–H and O–H groups in total. The number of alkyl halides is 6. The second-order valence-electron chi connectivity index (χ2n) is 18.2. The summed E-state index contributed by atoms with van der Waals surface area (Å²) in [5.41, 5.74) is 2.58. The van der Waals surface area contributed by atoms with Crippen molar-refractivity contribution in [1.29, 1.82) is 0 Å². The number of nitrogens with two attached hydrogens (primary N) is 1. The number of nitrogens with zero attached hydrogens (tertiary/aromatic N) is 4. The number of hydrogen-bond acceptors (Lipinski definition) is 9. The van der Waals surface area contributed by atoms with Gasteiger partial charge in [0.25, 0.3) is 18.8 Å². The van der Waals surface area contributed by atoms with Gasteiger partial charge in [0.15, 0.2) is 15.7 Å². The molecule has 2 heterocycles. The van der Waals surface area contributed by atoms with Gasteiger partial charge in [-0.3, -0.25) is 24.2 Å². The SMILES string of the molecule is C=C[C@@H]1CC(=C(N)C(F)F)C(=NCC(=O)N[C@@H](Cc2cc(F)cc(F)c2)c2nc(CCC(C)(C)S(=O)(=O)C3CC3)ccc2-c2ccc(Cl)c3c(NS(=O)(=O)C4(C)CC4)nn(CC(F)F)c23)C1(F)F. The molecule has 0 radical (unpaired) electrons. The van der Waals surface area contributed by atoms with E-state index in [9.17, 15) is 48.0 Å². The summed E-state index contributed by atoms with van der Waals surface area (Å²) in [6, 6.07) is 6.73. The molecule has 3 fully saturated rings. The molecule has 3 saturated carbocycles. The van der Waals surface area contributed by atoms with Crippen LogP contribution in [0.4, 0.5) is 40.9 Å². The molecule has 3 aliphatic rings. The summed E-state index contributed by atoms with van der Waals surface area (Å²) in [4.78, 5) is 22.6. The van der Waals surface area contributed by atoms with Crippen LogP contribution in [0.2, 0.25) is 5.02 Å². The Morgan fingerprint density at radius 1 is 1.04 bits per heavy atom. The van der Waals surface area contributed by atoms with Crippen LogP contribution in [0.3, 0.4) is 0 Å². The standard InChI is InChI=1S/C45H48ClF8N7O5S2/c1-5-24-19-31(37(55)41(51)52)40(45(24,53)54)56-21-35(62)58-33(18-23-16-25(47)20-26(48)17-23)38-29(9-6-27(57-38)12-13-43(2,3)67(63,64)28-7-8-28)30-10-11-32(46)36-39(30)61(22-34(49)50)59-42(36)60-68(65,66)44(4)14-15-44/h5-6,9-11,16-17,20,24,28,33-34,41H,1,7-8,12-15,18-19,21-22,55H2,2-4H3,(H,58,62)(H,59,60)/t24-,33+/m1/s1. The van der Waals surface area contributed by atoms with Crippen LogP contribution in [0.15, 0.2) is 71.4 Å². The van der Waals surface area contributed by atoms with Crippen molar-refractivity contribution in [3.63, 3.8) is 0 Å². The van der Waals surface area contributed by atoms with Gasteiger partial charge >= 0.3 is 0 Å². The van der Waals surface area contributed by atoms with E-state index in [2.05, 4.69) is 26.7 Å². The number of carbonyl (C=O) groups is 1. The van der Waals surface area contributed by atoms with Crippen molar-refractivity contribution < 1.29 is 56.8 Å². The first-order valence-corrected chi connectivity index (χ1v) is 24.9. The van der Waals surface area contributed by atoms with Gasteiger partial charge in [0, 0.05) is 28.5 Å². The number of aryl methyl sites for hydroxylation is 1. The van der Waals surface area contributed by atoms with Crippen LogP contribution in [-0.2, 0) is 44.0 Å². The minimum atomic E-state index is -4.14. The maximum absolute atomic E-state index is 15.6. The summed E-state index contributed by atoms with van der Waals surface area (Å²) in [5.74, 6) is -9.07. The molecule has 4 aromatic rings. The second kappa shape index (κ2) is 18.7. The lowest BCUT2D eigenvalue weighted by molar-refractivity contribution is -0.120. The zero-order valence-corrected chi connectivity index (χ0v) is 39.3. The van der Waals surface area contributed by atoms with Gasteiger partial charge in [-0.1, -0.05) is 29.8 Å². The zero-order chi connectivity index (χ0) is 49.9. The Morgan fingerprint density at radius 3 is 2.28 bits per heavy atom. The van der Waals surface area contributed by atoms with E-state index < -0.39 is 126 Å². The van der Waals surface area contributed by atoms with E-state index in [0.29, 0.717) is 31.7 Å². The molecule has 68 heavy (non-hydrogen) atoms. The average Bonchev–Trinajstić information content (AvgIpc) is 4.18. The summed E-state index contributed by atoms with van der Waals surface area (Å²) in [5, 5.41) is 6.15. The van der Waals surface area contributed by atoms with Gasteiger partial charge in [-0.05, 0) is 102 Å². The summed E-state index contributed by atoms with van der Waals surface area (Å²) >= 11 is 6.69. The summed E-state index contributed by atoms with van der Waals surface area (Å²) in [7, 11) is -7.73. The van der Waals surface area contributed by atoms with Crippen molar-refractivity contribution in [2.24, 2.45) is 16.6 Å². The molecule has 2 aromatic carbocycles. The Morgan fingerprint density at radius 2 is 1.69 bits per heavy atom. The molecular formula is C45H48ClF8N7O5S2. The lowest BCUT2D eigenvalue weighted by Crippen LogP contribution is -2.36. The summed E-state index contributed by atoms with van der Waals surface area (Å²) < 4.78 is 171. The van der Waals surface area contributed by atoms with Crippen LogP contribution in [0.25, 0.3) is 22.0 Å². The Balaban J connectivity index is 1.40. The number of benzene rings is 2. The van der Waals surface area contributed by atoms with Crippen LogP contribution >= 0.6 is 11.6 Å². The first kappa shape index (κ1) is 50.8. The predicted molar refractivity (Wildman–Crippen MR) is 242 cm³/mol. The lowest BCUT2D eigenvalue weighted by atomic mass is 9.93. The van der Waals surface area contributed by atoms with Crippen molar-refractivity contribution >= 4 is 59.8 Å². The van der Waals surface area contributed by atoms with Gasteiger partial charge in [-0.25, -0.2) is 43.2 Å². The number of carbonyl (C=O) groups excluding carboxylic acids is 1. The average molecular weight is 1020 g/mol. The van der Waals surface area contributed by atoms with E-state index in [0.717, 1.165) is 22.9 Å². The maximum atomic E-state index is 15.6. The molecule has 0 saturated heterocycles. The first-order chi connectivity index (χ1) is 31.7. The van der Waals surface area contributed by atoms with Crippen LogP contribution < -0.4 is 15.8 Å². The van der Waals surface area contributed by atoms with Crippen molar-refractivity contribution in [2.75, 3.05) is 11.3 Å². The molecule has 1 amide bonds. The number of aliphatic imine (C=N–C) groups is 1. The van der Waals surface area contributed by atoms with Gasteiger partial charge in [0.1, 0.15) is 30.4 Å². The van der Waals surface area contributed by atoms with Gasteiger partial charge in [0.2, 0.25) is 15.9 Å². The number of sulfonamides is 1. The number of pyridine rings is 1. The molecule has 23 heteroatoms. The van der Waals surface area contributed by atoms with Crippen molar-refractivity contribution in [2.45, 2.75) is 118 Å². The maximum Gasteiger partial charge on any atom is 0.296 e. The minimum absolute atomic E-state index is 0.0133. The number of anilines is 1. The third-order valence-electron chi connectivity index (χ3n) is 12.7. The van der Waals surface area contributed by atoms with Crippen LogP contribution in [-0.4, -0.2) is 83.3 Å². The smallest absolute Gasteiger partial charge is 0.296 e. The highest BCUT2D eigenvalue weighted by Gasteiger charge is 2.53. The third-order valence-corrected chi connectivity index (χ3v) is 18.3. The largest absolute Gasteiger partial charge is 0.397 e. The zero-order valence-electron chi connectivity index (χ0n) is 36.9. The number of fused-ring (bicyclic) bond motifs is 1. The molecule has 2 atom stereocenters. The molecule has 0 bridgehead atoms. The topological polar surface area (TPSA) is 178 Å². The number of allylic oxidation sites excluding steroid dienone is 3. The molecule has 0 unspecified atom stereocenters. The van der Waals surface area contributed by atoms with Crippen molar-refractivity contribution in [3.05, 3.63) is 100.0 Å². The Kier molecular flexibility index (Phi) is 13.9. The fraction of sp³-hybridized carbons (Fsp3) is 0.467. The van der Waals surface area contributed by atoms with Crippen molar-refractivity contribution in [1.82, 2.24) is 20.1 Å². The van der Waals surface area contributed by atoms with E-state index in [4.69, 9.17) is 22.3 Å². The van der Waals surface area contributed by atoms with E-state index in [-0.39, 0.29) is 62.7 Å². The van der Waals surface area contributed by atoms with Crippen LogP contribution in [0.1, 0.15) is 82.3 Å². The van der Waals surface area contributed by atoms with E-state index in [1.807, 2.05) is 0 Å². The van der Waals surface area contributed by atoms with E-state index >= 15 is 8.78 Å². The Labute approximate surface area is 392 Å². The predicted octanol–water partition coefficient (Wildman–Crippen LogP) is 9.04. The molecule has 2 aromatic heterocycles. The molecule has 3 aliphatic carbocycles. The highest BCUT2D eigenvalue weighted by molar-refractivity contribution is 7.94. The van der Waals surface area contributed by atoms with Crippen LogP contribution in [0.5, 0.6) is 0 Å². The van der Waals surface area contributed by atoms with E-state index in [1.54, 1.807) is 13.8 Å². The second-order valence-corrected chi connectivity index (χ2v) is 23.7. The van der Waals surface area contributed by atoms with Gasteiger partial charge in [-0.2, -0.15) is 13.9 Å². The third kappa shape index (κ3) is 10.1. The molecule has 0 spiro atoms. The summed E-state index contributed by atoms with van der Waals surface area (Å²) in [6.07, 6.45) is -4.94. The fourth-order valence-electron chi connectivity index (χ4n) is 8.29. The lowest BCUT2D eigenvalue weighted by Gasteiger charge is -2.26. The fourth-order valence-corrected chi connectivity index (χ4v) is 11.9. The minimum Gasteiger partial charge on any atom is -0.397 e. The highest BCUT2D eigenvalue weighted by atomic mass is 35.5. The summed E-state index contributed by atoms with van der Waals surface area (Å²) in [6.45, 7) is 5.82. The first-order valence-electron chi connectivity index (χ1n) is 21.5. The quantitative estimate of drug-likeness (QED) is 0.0615. The van der Waals surface area contributed by atoms with Gasteiger partial charge in [0.05, 0.1) is 54.0 Å². The monoisotopic (exact) mass is 1020 g/mol. The number of hydrogen-bond donors (Lipinski definition) is 3. The Hall–Kier alpha value is -5.09. The van der Waals surface area contributed by atoms with Gasteiger partial charge in [-0.15, -0.1) is 6.58 Å². The number of halogens is 9.